The maximum atomic E-state index is 11.9. The van der Waals surface area contributed by atoms with Crippen LogP contribution in [0.2, 0.25) is 0 Å². The zero-order valence-corrected chi connectivity index (χ0v) is 10.2. The highest BCUT2D eigenvalue weighted by molar-refractivity contribution is 6.00. The Morgan fingerprint density at radius 1 is 1.35 bits per heavy atom. The van der Waals surface area contributed by atoms with E-state index in [9.17, 15) is 9.59 Å². The molecular formula is C12H18O5. The Morgan fingerprint density at radius 3 is 2.24 bits per heavy atom. The highest BCUT2D eigenvalue weighted by Gasteiger charge is 2.54. The van der Waals surface area contributed by atoms with Gasteiger partial charge in [0.05, 0.1) is 25.9 Å². The number of rotatable bonds is 5. The van der Waals surface area contributed by atoms with Crippen LogP contribution in [0.1, 0.15) is 20.3 Å². The average molecular weight is 242 g/mol. The normalized spacial score (nSPS) is 21.9. The van der Waals surface area contributed by atoms with Crippen molar-refractivity contribution in [3.8, 4) is 0 Å². The van der Waals surface area contributed by atoms with Gasteiger partial charge in [-0.3, -0.25) is 9.59 Å². The molecule has 0 saturated carbocycles. The molecular weight excluding hydrogens is 224 g/mol. The fourth-order valence-corrected chi connectivity index (χ4v) is 1.77. The van der Waals surface area contributed by atoms with Crippen LogP contribution in [0.25, 0.3) is 0 Å². The number of carbonyl (C=O) groups is 2. The molecule has 1 aliphatic heterocycles. The average Bonchev–Trinajstić information content (AvgIpc) is 2.75. The van der Waals surface area contributed by atoms with Crippen molar-refractivity contribution in [3.63, 3.8) is 0 Å². The summed E-state index contributed by atoms with van der Waals surface area (Å²) in [7, 11) is 0. The first-order valence-electron chi connectivity index (χ1n) is 5.69. The summed E-state index contributed by atoms with van der Waals surface area (Å²) < 4.78 is 15.2. The van der Waals surface area contributed by atoms with Crippen molar-refractivity contribution >= 4 is 11.9 Å². The van der Waals surface area contributed by atoms with Gasteiger partial charge in [0.2, 0.25) is 0 Å². The number of ether oxygens (including phenoxy) is 3. The molecule has 17 heavy (non-hydrogen) atoms. The SMILES string of the molecule is C=C[C@H]1CC(C(=O)OCC)(C(=O)OCC)CO1. The van der Waals surface area contributed by atoms with E-state index in [4.69, 9.17) is 14.2 Å². The third kappa shape index (κ3) is 2.66. The molecule has 0 radical (unpaired) electrons. The number of esters is 2. The molecule has 0 unspecified atom stereocenters. The Kier molecular flexibility index (Phi) is 4.69. The molecule has 5 nitrogen and oxygen atoms in total. The molecule has 1 rings (SSSR count). The molecule has 0 aromatic heterocycles. The Bertz CT molecular complexity index is 292. The van der Waals surface area contributed by atoms with Crippen LogP contribution < -0.4 is 0 Å². The quantitative estimate of drug-likeness (QED) is 0.410. The predicted molar refractivity (Wildman–Crippen MR) is 60.3 cm³/mol. The minimum atomic E-state index is -1.33. The molecule has 1 fully saturated rings. The summed E-state index contributed by atoms with van der Waals surface area (Å²) in [6.07, 6.45) is 1.48. The first kappa shape index (κ1) is 13.7. The Labute approximate surface area is 101 Å². The van der Waals surface area contributed by atoms with Gasteiger partial charge in [-0.25, -0.2) is 0 Å². The van der Waals surface area contributed by atoms with E-state index in [0.717, 1.165) is 0 Å². The highest BCUT2D eigenvalue weighted by atomic mass is 16.6. The molecule has 0 aromatic carbocycles. The van der Waals surface area contributed by atoms with Crippen LogP contribution in [-0.4, -0.2) is 37.9 Å². The Hall–Kier alpha value is -1.36. The first-order chi connectivity index (χ1) is 8.10. The number of hydrogen-bond acceptors (Lipinski definition) is 5. The molecule has 1 atom stereocenters. The van der Waals surface area contributed by atoms with Gasteiger partial charge in [-0.05, 0) is 13.8 Å². The standard InChI is InChI=1S/C12H18O5/c1-4-9-7-12(8-17-9,10(13)15-5-2)11(14)16-6-3/h4,9H,1,5-8H2,2-3H3/t9-/m0/s1. The van der Waals surface area contributed by atoms with Crippen molar-refractivity contribution < 1.29 is 23.8 Å². The van der Waals surface area contributed by atoms with Crippen LogP contribution in [0.5, 0.6) is 0 Å². The predicted octanol–water partition coefficient (Wildman–Crippen LogP) is 1.07. The van der Waals surface area contributed by atoms with Crippen molar-refractivity contribution in [2.45, 2.75) is 26.4 Å². The third-order valence-corrected chi connectivity index (χ3v) is 2.69. The fourth-order valence-electron chi connectivity index (χ4n) is 1.77. The lowest BCUT2D eigenvalue weighted by atomic mass is 9.85. The van der Waals surface area contributed by atoms with E-state index in [1.165, 1.54) is 0 Å². The second-order valence-electron chi connectivity index (χ2n) is 3.81. The van der Waals surface area contributed by atoms with Gasteiger partial charge in [0.1, 0.15) is 0 Å². The summed E-state index contributed by atoms with van der Waals surface area (Å²) in [5, 5.41) is 0. The van der Waals surface area contributed by atoms with Crippen molar-refractivity contribution in [2.75, 3.05) is 19.8 Å². The largest absolute Gasteiger partial charge is 0.465 e. The summed E-state index contributed by atoms with van der Waals surface area (Å²) in [6, 6.07) is 0. The number of carbonyl (C=O) groups excluding carboxylic acids is 2. The lowest BCUT2D eigenvalue weighted by molar-refractivity contribution is -0.171. The van der Waals surface area contributed by atoms with Crippen LogP contribution in [-0.2, 0) is 23.8 Å². The molecule has 5 heteroatoms. The van der Waals surface area contributed by atoms with Gasteiger partial charge in [0.15, 0.2) is 5.41 Å². The van der Waals surface area contributed by atoms with E-state index in [0.29, 0.717) is 0 Å². The van der Waals surface area contributed by atoms with Gasteiger partial charge in [-0.15, -0.1) is 6.58 Å². The molecule has 0 spiro atoms. The number of hydrogen-bond donors (Lipinski definition) is 0. The molecule has 0 N–H and O–H groups in total. The van der Waals surface area contributed by atoms with Gasteiger partial charge in [0.25, 0.3) is 0 Å². The second kappa shape index (κ2) is 5.82. The van der Waals surface area contributed by atoms with Crippen LogP contribution in [0.4, 0.5) is 0 Å². The molecule has 1 heterocycles. The molecule has 0 aromatic rings. The van der Waals surface area contributed by atoms with Crippen molar-refractivity contribution in [1.82, 2.24) is 0 Å². The van der Waals surface area contributed by atoms with Gasteiger partial charge in [-0.1, -0.05) is 6.08 Å². The summed E-state index contributed by atoms with van der Waals surface area (Å²) in [4.78, 5) is 23.8. The van der Waals surface area contributed by atoms with E-state index >= 15 is 0 Å². The second-order valence-corrected chi connectivity index (χ2v) is 3.81. The third-order valence-electron chi connectivity index (χ3n) is 2.69. The van der Waals surface area contributed by atoms with Crippen LogP contribution >= 0.6 is 0 Å². The summed E-state index contributed by atoms with van der Waals surface area (Å²) in [5.41, 5.74) is -1.33. The fraction of sp³-hybridized carbons (Fsp3) is 0.667. The molecule has 1 saturated heterocycles. The van der Waals surface area contributed by atoms with Gasteiger partial charge in [-0.2, -0.15) is 0 Å². The van der Waals surface area contributed by atoms with E-state index < -0.39 is 17.4 Å². The van der Waals surface area contributed by atoms with Crippen LogP contribution in [0, 0.1) is 5.41 Å². The lowest BCUT2D eigenvalue weighted by Crippen LogP contribution is -2.42. The van der Waals surface area contributed by atoms with E-state index in [1.807, 2.05) is 0 Å². The maximum Gasteiger partial charge on any atom is 0.326 e. The monoisotopic (exact) mass is 242 g/mol. The zero-order chi connectivity index (χ0) is 12.9. The van der Waals surface area contributed by atoms with Gasteiger partial charge < -0.3 is 14.2 Å². The zero-order valence-electron chi connectivity index (χ0n) is 10.2. The molecule has 0 amide bonds. The topological polar surface area (TPSA) is 61.8 Å². The minimum absolute atomic E-state index is 0.0125. The van der Waals surface area contributed by atoms with Crippen LogP contribution in [0.3, 0.4) is 0 Å². The maximum absolute atomic E-state index is 11.9. The van der Waals surface area contributed by atoms with Crippen molar-refractivity contribution in [3.05, 3.63) is 12.7 Å². The van der Waals surface area contributed by atoms with Crippen molar-refractivity contribution in [2.24, 2.45) is 5.41 Å². The van der Waals surface area contributed by atoms with Crippen LogP contribution in [0.15, 0.2) is 12.7 Å². The summed E-state index contributed by atoms with van der Waals surface area (Å²) >= 11 is 0. The molecule has 96 valence electrons. The Balaban J connectivity index is 2.89. The minimum Gasteiger partial charge on any atom is -0.465 e. The lowest BCUT2D eigenvalue weighted by Gasteiger charge is -2.22. The first-order valence-corrected chi connectivity index (χ1v) is 5.69. The smallest absolute Gasteiger partial charge is 0.326 e. The Morgan fingerprint density at radius 2 is 1.88 bits per heavy atom. The molecule has 0 bridgehead atoms. The van der Waals surface area contributed by atoms with Gasteiger partial charge >= 0.3 is 11.9 Å². The summed E-state index contributed by atoms with van der Waals surface area (Å²) in [5.74, 6) is -1.16. The van der Waals surface area contributed by atoms with Gasteiger partial charge in [0, 0.05) is 6.42 Å². The van der Waals surface area contributed by atoms with E-state index in [-0.39, 0.29) is 32.3 Å². The van der Waals surface area contributed by atoms with E-state index in [2.05, 4.69) is 6.58 Å². The highest BCUT2D eigenvalue weighted by Crippen LogP contribution is 2.36. The molecule has 1 aliphatic rings. The molecule has 0 aliphatic carbocycles. The van der Waals surface area contributed by atoms with E-state index in [1.54, 1.807) is 19.9 Å². The van der Waals surface area contributed by atoms with Crippen molar-refractivity contribution in [1.29, 1.82) is 0 Å². The summed E-state index contributed by atoms with van der Waals surface area (Å²) in [6.45, 7) is 7.40.